The average Bonchev–Trinajstić information content (AvgIpc) is 3.17. The van der Waals surface area contributed by atoms with Gasteiger partial charge >= 0.3 is 0 Å². The zero-order valence-electron chi connectivity index (χ0n) is 15.7. The van der Waals surface area contributed by atoms with Crippen molar-refractivity contribution in [2.45, 2.75) is 13.5 Å². The van der Waals surface area contributed by atoms with E-state index in [1.165, 1.54) is 0 Å². The predicted molar refractivity (Wildman–Crippen MR) is 106 cm³/mol. The molecule has 0 fully saturated rings. The number of halogens is 1. The molecule has 1 unspecified atom stereocenters. The number of nitrogens with one attached hydrogen (secondary N) is 2. The highest BCUT2D eigenvalue weighted by Crippen LogP contribution is 2.20. The second kappa shape index (κ2) is 9.34. The summed E-state index contributed by atoms with van der Waals surface area (Å²) in [5.41, 5.74) is 1.53. The summed E-state index contributed by atoms with van der Waals surface area (Å²) in [5.74, 6) is 1.58. The van der Waals surface area contributed by atoms with E-state index in [2.05, 4.69) is 15.5 Å². The monoisotopic (exact) mass is 401 g/mol. The number of ether oxygens (including phenoxy) is 1. The van der Waals surface area contributed by atoms with Crippen LogP contribution in [0.4, 0.5) is 5.69 Å². The zero-order valence-corrected chi connectivity index (χ0v) is 16.5. The Bertz CT molecular complexity index is 910. The summed E-state index contributed by atoms with van der Waals surface area (Å²) in [4.78, 5) is 13.4. The summed E-state index contributed by atoms with van der Waals surface area (Å²) < 4.78 is 10.9. The van der Waals surface area contributed by atoms with Crippen LogP contribution in [-0.4, -0.2) is 36.3 Å². The number of aromatic nitrogens is 2. The van der Waals surface area contributed by atoms with Crippen molar-refractivity contribution in [2.24, 2.45) is 0 Å². The minimum atomic E-state index is -0.0838. The minimum absolute atomic E-state index is 0.0838. The van der Waals surface area contributed by atoms with Gasteiger partial charge in [-0.15, -0.1) is 10.2 Å². The molecule has 1 heterocycles. The van der Waals surface area contributed by atoms with Crippen molar-refractivity contribution in [3.05, 3.63) is 59.4 Å². The van der Waals surface area contributed by atoms with Gasteiger partial charge in [0.05, 0.1) is 13.7 Å². The fourth-order valence-electron chi connectivity index (χ4n) is 2.67. The van der Waals surface area contributed by atoms with E-state index in [0.29, 0.717) is 29.9 Å². The first-order valence-corrected chi connectivity index (χ1v) is 9.31. The molecule has 1 amide bonds. The van der Waals surface area contributed by atoms with Gasteiger partial charge in [0.15, 0.2) is 13.1 Å². The van der Waals surface area contributed by atoms with Gasteiger partial charge in [0.1, 0.15) is 5.75 Å². The van der Waals surface area contributed by atoms with Crippen LogP contribution in [0, 0.1) is 0 Å². The third kappa shape index (κ3) is 5.31. The molecule has 3 rings (SSSR count). The zero-order chi connectivity index (χ0) is 19.9. The van der Waals surface area contributed by atoms with Crippen molar-refractivity contribution in [3.63, 3.8) is 0 Å². The molecule has 2 N–H and O–H groups in total. The maximum atomic E-state index is 12.3. The molecule has 1 aromatic heterocycles. The van der Waals surface area contributed by atoms with Crippen molar-refractivity contribution in [1.29, 1.82) is 0 Å². The lowest BCUT2D eigenvalue weighted by atomic mass is 10.2. The highest BCUT2D eigenvalue weighted by molar-refractivity contribution is 6.30. The number of likely N-dealkylation sites (N-methyl/N-ethyl adjacent to an activating group) is 1. The van der Waals surface area contributed by atoms with Crippen molar-refractivity contribution < 1.29 is 18.8 Å². The maximum absolute atomic E-state index is 12.3. The second-order valence-corrected chi connectivity index (χ2v) is 6.68. The van der Waals surface area contributed by atoms with Crippen LogP contribution in [0.5, 0.6) is 5.75 Å². The fraction of sp³-hybridized carbons (Fsp3) is 0.250. The van der Waals surface area contributed by atoms with Crippen LogP contribution < -0.4 is 15.0 Å². The van der Waals surface area contributed by atoms with Gasteiger partial charge in [-0.1, -0.05) is 11.6 Å². The Hall–Kier alpha value is -2.90. The molecule has 0 saturated heterocycles. The Morgan fingerprint density at radius 3 is 2.50 bits per heavy atom. The molecule has 8 heteroatoms. The molecule has 0 aliphatic carbocycles. The van der Waals surface area contributed by atoms with Gasteiger partial charge in [0.2, 0.25) is 5.89 Å². The molecule has 146 valence electrons. The Labute approximate surface area is 168 Å². The van der Waals surface area contributed by atoms with Crippen LogP contribution in [0.25, 0.3) is 11.5 Å². The summed E-state index contributed by atoms with van der Waals surface area (Å²) in [6.45, 7) is 3.51. The maximum Gasteiger partial charge on any atom is 0.279 e. The van der Waals surface area contributed by atoms with Crippen molar-refractivity contribution in [3.8, 4) is 17.2 Å². The van der Waals surface area contributed by atoms with E-state index in [-0.39, 0.29) is 5.91 Å². The first-order valence-electron chi connectivity index (χ1n) is 8.93. The van der Waals surface area contributed by atoms with Crippen molar-refractivity contribution >= 4 is 23.2 Å². The van der Waals surface area contributed by atoms with Gasteiger partial charge in [-0.25, -0.2) is 0 Å². The van der Waals surface area contributed by atoms with Gasteiger partial charge < -0.3 is 19.4 Å². The molecule has 28 heavy (non-hydrogen) atoms. The number of methoxy groups -OCH3 is 1. The van der Waals surface area contributed by atoms with E-state index in [9.17, 15) is 4.79 Å². The number of rotatable bonds is 8. The third-order valence-corrected chi connectivity index (χ3v) is 4.50. The molecule has 0 bridgehead atoms. The molecule has 0 spiro atoms. The Balaban J connectivity index is 1.57. The van der Waals surface area contributed by atoms with Crippen LogP contribution >= 0.6 is 11.6 Å². The Morgan fingerprint density at radius 1 is 1.14 bits per heavy atom. The van der Waals surface area contributed by atoms with E-state index < -0.39 is 0 Å². The van der Waals surface area contributed by atoms with E-state index in [4.69, 9.17) is 20.8 Å². The van der Waals surface area contributed by atoms with Crippen molar-refractivity contribution in [2.75, 3.05) is 25.5 Å². The first-order chi connectivity index (χ1) is 13.6. The number of quaternary nitrogens is 1. The predicted octanol–water partition coefficient (Wildman–Crippen LogP) is 2.44. The SMILES string of the molecule is CC[NH+](CC(=O)Nc1ccc(OC)cc1)Cc1nnc(-c2ccc(Cl)cc2)o1. The van der Waals surface area contributed by atoms with Gasteiger partial charge in [-0.05, 0) is 55.5 Å². The quantitative estimate of drug-likeness (QED) is 0.606. The van der Waals surface area contributed by atoms with E-state index in [1.807, 2.05) is 19.1 Å². The number of amides is 1. The van der Waals surface area contributed by atoms with Crippen LogP contribution in [0.15, 0.2) is 52.9 Å². The van der Waals surface area contributed by atoms with Crippen LogP contribution in [0.1, 0.15) is 12.8 Å². The molecular weight excluding hydrogens is 380 g/mol. The van der Waals surface area contributed by atoms with E-state index in [1.54, 1.807) is 43.5 Å². The standard InChI is InChI=1S/C20H21ClN4O3/c1-3-25(12-18(26)22-16-8-10-17(27-2)11-9-16)13-19-23-24-20(28-19)14-4-6-15(21)7-5-14/h4-11H,3,12-13H2,1-2H3,(H,22,26)/p+1. The summed E-state index contributed by atoms with van der Waals surface area (Å²) >= 11 is 5.90. The second-order valence-electron chi connectivity index (χ2n) is 6.24. The smallest absolute Gasteiger partial charge is 0.279 e. The summed E-state index contributed by atoms with van der Waals surface area (Å²) in [7, 11) is 1.60. The average molecular weight is 402 g/mol. The molecular formula is C20H22ClN4O3+. The lowest BCUT2D eigenvalue weighted by Crippen LogP contribution is -3.11. The molecule has 3 aromatic rings. The number of hydrogen-bond acceptors (Lipinski definition) is 5. The topological polar surface area (TPSA) is 81.7 Å². The Kier molecular flexibility index (Phi) is 6.62. The molecule has 0 aliphatic heterocycles. The molecule has 2 aromatic carbocycles. The third-order valence-electron chi connectivity index (χ3n) is 4.24. The highest BCUT2D eigenvalue weighted by atomic mass is 35.5. The molecule has 0 aliphatic rings. The summed E-state index contributed by atoms with van der Waals surface area (Å²) in [5, 5.41) is 11.7. The van der Waals surface area contributed by atoms with Crippen LogP contribution in [0.2, 0.25) is 5.02 Å². The number of hydrogen-bond donors (Lipinski definition) is 2. The molecule has 0 saturated carbocycles. The van der Waals surface area contributed by atoms with Gasteiger partial charge in [-0.3, -0.25) is 4.79 Å². The number of anilines is 1. The number of carbonyl (C=O) groups is 1. The molecule has 0 radical (unpaired) electrons. The lowest BCUT2D eigenvalue weighted by Gasteiger charge is -2.15. The van der Waals surface area contributed by atoms with Crippen LogP contribution in [-0.2, 0) is 11.3 Å². The van der Waals surface area contributed by atoms with E-state index >= 15 is 0 Å². The number of carbonyl (C=O) groups excluding carboxylic acids is 1. The highest BCUT2D eigenvalue weighted by Gasteiger charge is 2.18. The normalized spacial score (nSPS) is 11.8. The molecule has 1 atom stereocenters. The number of nitrogens with zero attached hydrogens (tertiary/aromatic N) is 2. The largest absolute Gasteiger partial charge is 0.497 e. The van der Waals surface area contributed by atoms with Crippen LogP contribution in [0.3, 0.4) is 0 Å². The van der Waals surface area contributed by atoms with Gasteiger partial charge in [0, 0.05) is 16.3 Å². The lowest BCUT2D eigenvalue weighted by molar-refractivity contribution is -0.905. The summed E-state index contributed by atoms with van der Waals surface area (Å²) in [6, 6.07) is 14.4. The minimum Gasteiger partial charge on any atom is -0.497 e. The molecule has 7 nitrogen and oxygen atoms in total. The Morgan fingerprint density at radius 2 is 1.86 bits per heavy atom. The number of benzene rings is 2. The fourth-order valence-corrected chi connectivity index (χ4v) is 2.79. The van der Waals surface area contributed by atoms with Gasteiger partial charge in [0.25, 0.3) is 11.8 Å². The van der Waals surface area contributed by atoms with Gasteiger partial charge in [-0.2, -0.15) is 0 Å². The van der Waals surface area contributed by atoms with E-state index in [0.717, 1.165) is 28.4 Å². The summed E-state index contributed by atoms with van der Waals surface area (Å²) in [6.07, 6.45) is 0. The van der Waals surface area contributed by atoms with Crippen molar-refractivity contribution in [1.82, 2.24) is 10.2 Å². The first kappa shape index (κ1) is 19.9.